The molecule has 1 aliphatic heterocycles. The van der Waals surface area contributed by atoms with Crippen LogP contribution in [0.5, 0.6) is 0 Å². The molecule has 1 aromatic heterocycles. The summed E-state index contributed by atoms with van der Waals surface area (Å²) in [7, 11) is -3.36. The zero-order valence-corrected chi connectivity index (χ0v) is 11.8. The van der Waals surface area contributed by atoms with E-state index in [9.17, 15) is 8.42 Å². The van der Waals surface area contributed by atoms with Gasteiger partial charge in [-0.3, -0.25) is 4.98 Å². The molecule has 1 atom stereocenters. The van der Waals surface area contributed by atoms with E-state index in [0.29, 0.717) is 19.0 Å². The zero-order valence-electron chi connectivity index (χ0n) is 9.42. The quantitative estimate of drug-likeness (QED) is 0.799. The van der Waals surface area contributed by atoms with Crippen LogP contribution < -0.4 is 0 Å². The van der Waals surface area contributed by atoms with Crippen LogP contribution in [-0.2, 0) is 10.0 Å². The van der Waals surface area contributed by atoms with Gasteiger partial charge in [-0.05, 0) is 30.9 Å². The fourth-order valence-corrected chi connectivity index (χ4v) is 4.07. The highest BCUT2D eigenvalue weighted by atomic mass is 79.9. The lowest BCUT2D eigenvalue weighted by molar-refractivity contribution is 0.285. The van der Waals surface area contributed by atoms with Gasteiger partial charge in [-0.15, -0.1) is 0 Å². The van der Waals surface area contributed by atoms with Crippen LogP contribution in [0.3, 0.4) is 0 Å². The highest BCUT2D eigenvalue weighted by molar-refractivity contribution is 9.09. The van der Waals surface area contributed by atoms with Gasteiger partial charge in [-0.1, -0.05) is 15.9 Å². The molecule has 0 N–H and O–H groups in total. The largest absolute Gasteiger partial charge is 0.263 e. The molecule has 2 rings (SSSR count). The third kappa shape index (κ3) is 2.86. The number of piperidine rings is 1. The summed E-state index contributed by atoms with van der Waals surface area (Å²) in [6, 6.07) is 3.25. The fraction of sp³-hybridized carbons (Fsp3) is 0.545. The molecule has 0 aromatic carbocycles. The van der Waals surface area contributed by atoms with Gasteiger partial charge in [-0.25, -0.2) is 8.42 Å². The van der Waals surface area contributed by atoms with E-state index in [-0.39, 0.29) is 4.90 Å². The molecular weight excluding hydrogens is 304 g/mol. The zero-order chi connectivity index (χ0) is 12.3. The highest BCUT2D eigenvalue weighted by Gasteiger charge is 2.29. The predicted octanol–water partition coefficient (Wildman–Crippen LogP) is 1.88. The second kappa shape index (κ2) is 5.46. The predicted molar refractivity (Wildman–Crippen MR) is 69.5 cm³/mol. The number of alkyl halides is 1. The summed E-state index contributed by atoms with van der Waals surface area (Å²) in [5.74, 6) is 0.412. The van der Waals surface area contributed by atoms with Crippen molar-refractivity contribution in [3.8, 4) is 0 Å². The van der Waals surface area contributed by atoms with E-state index < -0.39 is 10.0 Å². The van der Waals surface area contributed by atoms with Gasteiger partial charge in [0.15, 0.2) is 0 Å². The van der Waals surface area contributed by atoms with Crippen molar-refractivity contribution in [1.82, 2.24) is 9.29 Å². The first-order valence-electron chi connectivity index (χ1n) is 5.60. The van der Waals surface area contributed by atoms with E-state index >= 15 is 0 Å². The smallest absolute Gasteiger partial charge is 0.244 e. The Morgan fingerprint density at radius 1 is 1.53 bits per heavy atom. The van der Waals surface area contributed by atoms with Crippen LogP contribution in [0.25, 0.3) is 0 Å². The van der Waals surface area contributed by atoms with E-state index in [2.05, 4.69) is 20.9 Å². The third-order valence-corrected chi connectivity index (χ3v) is 5.74. The summed E-state index contributed by atoms with van der Waals surface area (Å²) < 4.78 is 26.2. The Morgan fingerprint density at radius 3 is 3.00 bits per heavy atom. The summed E-state index contributed by atoms with van der Waals surface area (Å²) in [5, 5.41) is 0.853. The molecule has 1 unspecified atom stereocenters. The van der Waals surface area contributed by atoms with Crippen LogP contribution in [0.1, 0.15) is 12.8 Å². The van der Waals surface area contributed by atoms with Gasteiger partial charge >= 0.3 is 0 Å². The van der Waals surface area contributed by atoms with Gasteiger partial charge in [0.1, 0.15) is 4.90 Å². The second-order valence-corrected chi connectivity index (χ2v) is 6.80. The van der Waals surface area contributed by atoms with E-state index in [0.717, 1.165) is 18.2 Å². The Kier molecular flexibility index (Phi) is 4.17. The standard InChI is InChI=1S/C11H15BrN2O2S/c12-7-10-3-2-6-14(9-10)17(15,16)11-4-1-5-13-8-11/h1,4-5,8,10H,2-3,6-7,9H2. The lowest BCUT2D eigenvalue weighted by atomic mass is 10.0. The van der Waals surface area contributed by atoms with Crippen molar-refractivity contribution in [2.45, 2.75) is 17.7 Å². The molecule has 2 heterocycles. The molecule has 0 spiro atoms. The van der Waals surface area contributed by atoms with Gasteiger partial charge in [-0.2, -0.15) is 4.31 Å². The number of halogens is 1. The molecule has 0 bridgehead atoms. The topological polar surface area (TPSA) is 50.3 Å². The lowest BCUT2D eigenvalue weighted by Crippen LogP contribution is -2.40. The Balaban J connectivity index is 2.21. The van der Waals surface area contributed by atoms with E-state index in [1.807, 2.05) is 0 Å². The van der Waals surface area contributed by atoms with E-state index in [4.69, 9.17) is 0 Å². The maximum Gasteiger partial charge on any atom is 0.244 e. The van der Waals surface area contributed by atoms with E-state index in [1.54, 1.807) is 22.6 Å². The second-order valence-electron chi connectivity index (χ2n) is 4.21. The maximum atomic E-state index is 12.3. The molecule has 17 heavy (non-hydrogen) atoms. The van der Waals surface area contributed by atoms with Gasteiger partial charge in [0.05, 0.1) is 0 Å². The van der Waals surface area contributed by atoms with Gasteiger partial charge in [0.25, 0.3) is 0 Å². The van der Waals surface area contributed by atoms with Crippen molar-refractivity contribution in [2.24, 2.45) is 5.92 Å². The van der Waals surface area contributed by atoms with Crippen LogP contribution in [0.4, 0.5) is 0 Å². The summed E-state index contributed by atoms with van der Waals surface area (Å²) in [5.41, 5.74) is 0. The average Bonchev–Trinajstić information content (AvgIpc) is 2.40. The van der Waals surface area contributed by atoms with Crippen molar-refractivity contribution in [3.05, 3.63) is 24.5 Å². The van der Waals surface area contributed by atoms with Crippen molar-refractivity contribution in [1.29, 1.82) is 0 Å². The Morgan fingerprint density at radius 2 is 2.35 bits per heavy atom. The monoisotopic (exact) mass is 318 g/mol. The molecule has 6 heteroatoms. The minimum Gasteiger partial charge on any atom is -0.263 e. The van der Waals surface area contributed by atoms with Crippen molar-refractivity contribution in [3.63, 3.8) is 0 Å². The summed E-state index contributed by atoms with van der Waals surface area (Å²) in [6.07, 6.45) is 5.00. The minimum atomic E-state index is -3.36. The molecule has 94 valence electrons. The van der Waals surface area contributed by atoms with Crippen molar-refractivity contribution in [2.75, 3.05) is 18.4 Å². The van der Waals surface area contributed by atoms with Crippen molar-refractivity contribution >= 4 is 26.0 Å². The molecule has 0 aliphatic carbocycles. The minimum absolute atomic E-state index is 0.287. The third-order valence-electron chi connectivity index (χ3n) is 2.97. The number of aromatic nitrogens is 1. The molecule has 1 fully saturated rings. The van der Waals surface area contributed by atoms with E-state index in [1.165, 1.54) is 6.20 Å². The van der Waals surface area contributed by atoms with Crippen LogP contribution in [-0.4, -0.2) is 36.1 Å². The lowest BCUT2D eigenvalue weighted by Gasteiger charge is -2.30. The molecule has 1 saturated heterocycles. The van der Waals surface area contributed by atoms with Crippen LogP contribution in [0.2, 0.25) is 0 Å². The SMILES string of the molecule is O=S(=O)(c1cccnc1)N1CCCC(CBr)C1. The van der Waals surface area contributed by atoms with Gasteiger partial charge in [0, 0.05) is 30.8 Å². The molecule has 4 nitrogen and oxygen atoms in total. The Hall–Kier alpha value is -0.460. The average molecular weight is 319 g/mol. The van der Waals surface area contributed by atoms with Crippen molar-refractivity contribution < 1.29 is 8.42 Å². The first kappa shape index (κ1) is 13.0. The molecule has 0 amide bonds. The maximum absolute atomic E-state index is 12.3. The van der Waals surface area contributed by atoms with Gasteiger partial charge < -0.3 is 0 Å². The number of sulfonamides is 1. The molecular formula is C11H15BrN2O2S. The molecule has 1 aromatic rings. The molecule has 1 aliphatic rings. The Labute approximate surface area is 110 Å². The first-order valence-corrected chi connectivity index (χ1v) is 8.17. The first-order chi connectivity index (χ1) is 8.14. The highest BCUT2D eigenvalue weighted by Crippen LogP contribution is 2.24. The number of hydrogen-bond donors (Lipinski definition) is 0. The van der Waals surface area contributed by atoms with Crippen LogP contribution >= 0.6 is 15.9 Å². The summed E-state index contributed by atoms with van der Waals surface area (Å²) >= 11 is 3.43. The number of nitrogens with zero attached hydrogens (tertiary/aromatic N) is 2. The Bertz CT molecular complexity index is 464. The van der Waals surface area contributed by atoms with Gasteiger partial charge in [0.2, 0.25) is 10.0 Å². The molecule has 0 radical (unpaired) electrons. The number of pyridine rings is 1. The number of hydrogen-bond acceptors (Lipinski definition) is 3. The molecule has 0 saturated carbocycles. The fourth-order valence-electron chi connectivity index (χ4n) is 2.02. The normalized spacial score (nSPS) is 22.5. The summed E-state index contributed by atoms with van der Waals surface area (Å²) in [4.78, 5) is 4.16. The number of rotatable bonds is 3. The van der Waals surface area contributed by atoms with Crippen LogP contribution in [0, 0.1) is 5.92 Å². The summed E-state index contributed by atoms with van der Waals surface area (Å²) in [6.45, 7) is 1.21. The van der Waals surface area contributed by atoms with Crippen LogP contribution in [0.15, 0.2) is 29.4 Å².